The van der Waals surface area contributed by atoms with Gasteiger partial charge in [-0.3, -0.25) is 4.79 Å². The highest BCUT2D eigenvalue weighted by atomic mass is 16.1. The van der Waals surface area contributed by atoms with E-state index in [1.54, 1.807) is 0 Å². The van der Waals surface area contributed by atoms with E-state index >= 15 is 0 Å². The molecule has 0 aromatic carbocycles. The lowest BCUT2D eigenvalue weighted by Gasteiger charge is -2.40. The van der Waals surface area contributed by atoms with E-state index in [9.17, 15) is 4.79 Å². The van der Waals surface area contributed by atoms with Crippen LogP contribution in [-0.2, 0) is 4.79 Å². The quantitative estimate of drug-likeness (QED) is 0.640. The predicted molar refractivity (Wildman–Crippen MR) is 62.5 cm³/mol. The van der Waals surface area contributed by atoms with Gasteiger partial charge in [-0.25, -0.2) is 0 Å². The normalized spacial score (nSPS) is 40.7. The minimum Gasteiger partial charge on any atom is -0.295 e. The molecule has 1 nitrogen and oxygen atoms in total. The van der Waals surface area contributed by atoms with E-state index in [1.165, 1.54) is 12.8 Å². The van der Waals surface area contributed by atoms with Crippen molar-refractivity contribution < 1.29 is 4.79 Å². The van der Waals surface area contributed by atoms with Crippen molar-refractivity contribution in [2.45, 2.75) is 46.5 Å². The summed E-state index contributed by atoms with van der Waals surface area (Å²) in [6.07, 6.45) is 8.64. The van der Waals surface area contributed by atoms with E-state index in [-0.39, 0.29) is 0 Å². The maximum atomic E-state index is 11.3. The first kappa shape index (κ1) is 10.9. The Balaban J connectivity index is 2.30. The Bertz CT molecular complexity index is 290. The Morgan fingerprint density at radius 1 is 1.40 bits per heavy atom. The molecule has 0 aromatic heterocycles. The highest BCUT2D eigenvalue weighted by Crippen LogP contribution is 2.55. The van der Waals surface area contributed by atoms with Crippen molar-refractivity contribution in [1.82, 2.24) is 0 Å². The Morgan fingerprint density at radius 3 is 2.67 bits per heavy atom. The smallest absolute Gasteiger partial charge is 0.155 e. The maximum absolute atomic E-state index is 11.3. The molecule has 0 N–H and O–H groups in total. The van der Waals surface area contributed by atoms with Crippen LogP contribution in [0.3, 0.4) is 0 Å². The van der Waals surface area contributed by atoms with Gasteiger partial charge in [0, 0.05) is 6.42 Å². The van der Waals surface area contributed by atoms with Crippen molar-refractivity contribution in [2.24, 2.45) is 23.2 Å². The molecule has 2 aliphatic carbocycles. The molecule has 84 valence electrons. The van der Waals surface area contributed by atoms with Gasteiger partial charge in [0.2, 0.25) is 0 Å². The molecular formula is C14H22O. The van der Waals surface area contributed by atoms with Crippen LogP contribution >= 0.6 is 0 Å². The summed E-state index contributed by atoms with van der Waals surface area (Å²) in [5.41, 5.74) is 0.349. The monoisotopic (exact) mass is 206 g/mol. The van der Waals surface area contributed by atoms with E-state index < -0.39 is 0 Å². The topological polar surface area (TPSA) is 17.1 Å². The third-order valence-corrected chi connectivity index (χ3v) is 4.71. The molecule has 0 amide bonds. The molecule has 0 bridgehead atoms. The van der Waals surface area contributed by atoms with Crippen molar-refractivity contribution in [1.29, 1.82) is 0 Å². The molecule has 0 saturated heterocycles. The van der Waals surface area contributed by atoms with Crippen molar-refractivity contribution in [3.8, 4) is 0 Å². The van der Waals surface area contributed by atoms with Gasteiger partial charge in [-0.1, -0.05) is 26.8 Å². The number of rotatable bonds is 1. The highest BCUT2D eigenvalue weighted by molar-refractivity contribution is 5.90. The lowest BCUT2D eigenvalue weighted by atomic mass is 9.64. The summed E-state index contributed by atoms with van der Waals surface area (Å²) >= 11 is 0. The SMILES string of the molecule is CC(C)[C@@H]1CC[C@H](C)[C@@]12C=CC(=O)CC2. The Kier molecular flexibility index (Phi) is 2.74. The Labute approximate surface area is 92.9 Å². The van der Waals surface area contributed by atoms with Crippen molar-refractivity contribution in [2.75, 3.05) is 0 Å². The van der Waals surface area contributed by atoms with Crippen molar-refractivity contribution in [3.63, 3.8) is 0 Å². The average Bonchev–Trinajstić information content (AvgIpc) is 2.50. The van der Waals surface area contributed by atoms with Crippen LogP contribution in [0.15, 0.2) is 12.2 Å². The number of allylic oxidation sites excluding steroid dienone is 2. The van der Waals surface area contributed by atoms with Gasteiger partial charge in [0.05, 0.1) is 0 Å². The third-order valence-electron chi connectivity index (χ3n) is 4.71. The number of carbonyl (C=O) groups excluding carboxylic acids is 1. The summed E-state index contributed by atoms with van der Waals surface area (Å²) in [5, 5.41) is 0. The zero-order valence-corrected chi connectivity index (χ0v) is 10.1. The zero-order chi connectivity index (χ0) is 11.1. The molecule has 3 atom stereocenters. The molecule has 1 heteroatoms. The second-order valence-corrected chi connectivity index (χ2v) is 5.74. The largest absolute Gasteiger partial charge is 0.295 e. The summed E-state index contributed by atoms with van der Waals surface area (Å²) in [6, 6.07) is 0. The van der Waals surface area contributed by atoms with Crippen LogP contribution in [0.4, 0.5) is 0 Å². The third kappa shape index (κ3) is 1.66. The molecule has 2 rings (SSSR count). The number of hydrogen-bond donors (Lipinski definition) is 0. The zero-order valence-electron chi connectivity index (χ0n) is 10.1. The van der Waals surface area contributed by atoms with E-state index in [0.717, 1.165) is 30.6 Å². The lowest BCUT2D eigenvalue weighted by molar-refractivity contribution is -0.116. The number of carbonyl (C=O) groups is 1. The van der Waals surface area contributed by atoms with Gasteiger partial charge in [-0.15, -0.1) is 0 Å². The standard InChI is InChI=1S/C14H22O/c1-10(2)13-5-4-11(3)14(13)8-6-12(15)7-9-14/h6,8,10-11,13H,4-5,7,9H2,1-3H3/t11-,13-,14-/m0/s1. The minimum absolute atomic E-state index is 0.322. The van der Waals surface area contributed by atoms with Crippen molar-refractivity contribution in [3.05, 3.63) is 12.2 Å². The molecular weight excluding hydrogens is 184 g/mol. The average molecular weight is 206 g/mol. The van der Waals surface area contributed by atoms with Gasteiger partial charge in [0.15, 0.2) is 5.78 Å². The molecule has 1 saturated carbocycles. The van der Waals surface area contributed by atoms with Crippen LogP contribution in [0.1, 0.15) is 46.5 Å². The fourth-order valence-corrected chi connectivity index (χ4v) is 3.76. The second-order valence-electron chi connectivity index (χ2n) is 5.74. The van der Waals surface area contributed by atoms with Crippen LogP contribution in [0, 0.1) is 23.2 Å². The Hall–Kier alpha value is -0.590. The fraction of sp³-hybridized carbons (Fsp3) is 0.786. The fourth-order valence-electron chi connectivity index (χ4n) is 3.76. The first-order valence-corrected chi connectivity index (χ1v) is 6.28. The van der Waals surface area contributed by atoms with Crippen LogP contribution in [0.25, 0.3) is 0 Å². The number of hydrogen-bond acceptors (Lipinski definition) is 1. The molecule has 0 aromatic rings. The highest BCUT2D eigenvalue weighted by Gasteiger charge is 2.47. The van der Waals surface area contributed by atoms with Gasteiger partial charge in [0.1, 0.15) is 0 Å². The molecule has 1 fully saturated rings. The summed E-state index contributed by atoms with van der Waals surface area (Å²) in [5.74, 6) is 2.61. The van der Waals surface area contributed by atoms with Crippen LogP contribution in [-0.4, -0.2) is 5.78 Å². The molecule has 0 aliphatic heterocycles. The molecule has 2 aliphatic rings. The Morgan fingerprint density at radius 2 is 2.13 bits per heavy atom. The van der Waals surface area contributed by atoms with E-state index in [1.807, 2.05) is 6.08 Å². The van der Waals surface area contributed by atoms with Crippen LogP contribution < -0.4 is 0 Å². The second kappa shape index (κ2) is 3.77. The minimum atomic E-state index is 0.322. The van der Waals surface area contributed by atoms with E-state index in [2.05, 4.69) is 26.8 Å². The maximum Gasteiger partial charge on any atom is 0.155 e. The van der Waals surface area contributed by atoms with Gasteiger partial charge >= 0.3 is 0 Å². The van der Waals surface area contributed by atoms with Crippen LogP contribution in [0.2, 0.25) is 0 Å². The lowest BCUT2D eigenvalue weighted by Crippen LogP contribution is -2.34. The van der Waals surface area contributed by atoms with Crippen LogP contribution in [0.5, 0.6) is 0 Å². The first-order valence-electron chi connectivity index (χ1n) is 6.28. The van der Waals surface area contributed by atoms with E-state index in [4.69, 9.17) is 0 Å². The van der Waals surface area contributed by atoms with Gasteiger partial charge in [-0.2, -0.15) is 0 Å². The van der Waals surface area contributed by atoms with Gasteiger partial charge < -0.3 is 0 Å². The molecule has 0 heterocycles. The molecule has 0 unspecified atom stereocenters. The van der Waals surface area contributed by atoms with E-state index in [0.29, 0.717) is 11.2 Å². The molecule has 1 spiro atoms. The van der Waals surface area contributed by atoms with Gasteiger partial charge in [-0.05, 0) is 48.5 Å². The van der Waals surface area contributed by atoms with Crippen molar-refractivity contribution >= 4 is 5.78 Å². The summed E-state index contributed by atoms with van der Waals surface area (Å²) in [6.45, 7) is 7.02. The molecule has 0 radical (unpaired) electrons. The molecule has 15 heavy (non-hydrogen) atoms. The summed E-state index contributed by atoms with van der Waals surface area (Å²) < 4.78 is 0. The van der Waals surface area contributed by atoms with Gasteiger partial charge in [0.25, 0.3) is 0 Å². The first-order chi connectivity index (χ1) is 7.06. The summed E-state index contributed by atoms with van der Waals surface area (Å²) in [4.78, 5) is 11.3. The number of ketones is 1. The predicted octanol–water partition coefficient (Wildman–Crippen LogP) is 3.59. The summed E-state index contributed by atoms with van der Waals surface area (Å²) in [7, 11) is 0.